The summed E-state index contributed by atoms with van der Waals surface area (Å²) < 4.78 is 5.21. The molecule has 0 bridgehead atoms. The Morgan fingerprint density at radius 2 is 2.15 bits per heavy atom. The average Bonchev–Trinajstić information content (AvgIpc) is 2.97. The molecule has 0 spiro atoms. The van der Waals surface area contributed by atoms with E-state index in [-0.39, 0.29) is 6.04 Å². The molecule has 0 aliphatic rings. The second kappa shape index (κ2) is 5.22. The Balaban J connectivity index is 2.05. The summed E-state index contributed by atoms with van der Waals surface area (Å²) in [5, 5.41) is 6.05. The Morgan fingerprint density at radius 1 is 1.30 bits per heavy atom. The van der Waals surface area contributed by atoms with Gasteiger partial charge in [0.1, 0.15) is 5.69 Å². The van der Waals surface area contributed by atoms with Gasteiger partial charge in [0.05, 0.1) is 6.04 Å². The minimum absolute atomic E-state index is 0.330. The zero-order chi connectivity index (χ0) is 13.9. The molecule has 5 nitrogen and oxygen atoms in total. The first-order valence-electron chi connectivity index (χ1n) is 6.34. The van der Waals surface area contributed by atoms with Crippen LogP contribution in [0.2, 0.25) is 0 Å². The van der Waals surface area contributed by atoms with E-state index < -0.39 is 0 Å². The fraction of sp³-hybridized carbons (Fsp3) is 0.133. The highest BCUT2D eigenvalue weighted by Gasteiger charge is 2.16. The summed E-state index contributed by atoms with van der Waals surface area (Å²) in [5.41, 5.74) is 6.62. The normalized spacial score (nSPS) is 12.4. The predicted molar refractivity (Wildman–Crippen MR) is 76.8 cm³/mol. The van der Waals surface area contributed by atoms with Gasteiger partial charge >= 0.3 is 0 Å². The highest BCUT2D eigenvalue weighted by Crippen LogP contribution is 2.25. The molecule has 0 saturated carbocycles. The smallest absolute Gasteiger partial charge is 0.244 e. The Labute approximate surface area is 116 Å². The van der Waals surface area contributed by atoms with E-state index in [1.807, 2.05) is 30.3 Å². The molecule has 2 aromatic heterocycles. The molecule has 0 aliphatic heterocycles. The molecule has 3 rings (SSSR count). The van der Waals surface area contributed by atoms with E-state index in [1.54, 1.807) is 12.3 Å². The summed E-state index contributed by atoms with van der Waals surface area (Å²) in [6.07, 6.45) is 4.05. The first-order valence-corrected chi connectivity index (χ1v) is 6.34. The Bertz CT molecular complexity index is 745. The van der Waals surface area contributed by atoms with Crippen molar-refractivity contribution >= 4 is 10.8 Å². The third-order valence-electron chi connectivity index (χ3n) is 3.06. The maximum absolute atomic E-state index is 5.92. The fourth-order valence-corrected chi connectivity index (χ4v) is 2.06. The van der Waals surface area contributed by atoms with Crippen molar-refractivity contribution in [2.24, 2.45) is 5.73 Å². The van der Waals surface area contributed by atoms with E-state index in [0.717, 1.165) is 10.8 Å². The summed E-state index contributed by atoms with van der Waals surface area (Å²) in [7, 11) is 0. The first-order chi connectivity index (χ1) is 9.79. The summed E-state index contributed by atoms with van der Waals surface area (Å²) in [6.45, 7) is 3.65. The van der Waals surface area contributed by atoms with E-state index in [1.165, 1.54) is 0 Å². The maximum Gasteiger partial charge on any atom is 0.244 e. The molecule has 0 amide bonds. The number of pyridine rings is 1. The van der Waals surface area contributed by atoms with Crippen molar-refractivity contribution < 1.29 is 4.52 Å². The third-order valence-corrected chi connectivity index (χ3v) is 3.06. The largest absolute Gasteiger partial charge is 0.337 e. The Morgan fingerprint density at radius 3 is 3.00 bits per heavy atom. The molecule has 5 heteroatoms. The van der Waals surface area contributed by atoms with Crippen LogP contribution in [-0.4, -0.2) is 15.1 Å². The molecule has 0 fully saturated rings. The second-order valence-corrected chi connectivity index (χ2v) is 4.47. The van der Waals surface area contributed by atoms with E-state index in [0.29, 0.717) is 23.8 Å². The Hall–Kier alpha value is -2.53. The minimum atomic E-state index is -0.330. The van der Waals surface area contributed by atoms with Gasteiger partial charge in [-0.15, -0.1) is 6.58 Å². The molecule has 1 unspecified atom stereocenters. The van der Waals surface area contributed by atoms with Crippen LogP contribution in [0.25, 0.3) is 22.3 Å². The topological polar surface area (TPSA) is 77.8 Å². The van der Waals surface area contributed by atoms with E-state index in [2.05, 4.69) is 21.7 Å². The molecule has 20 heavy (non-hydrogen) atoms. The van der Waals surface area contributed by atoms with Gasteiger partial charge in [-0.3, -0.25) is 4.98 Å². The highest BCUT2D eigenvalue weighted by atomic mass is 16.5. The predicted octanol–water partition coefficient (Wildman–Crippen LogP) is 2.86. The molecule has 0 saturated heterocycles. The van der Waals surface area contributed by atoms with Crippen molar-refractivity contribution in [2.45, 2.75) is 12.5 Å². The lowest BCUT2D eigenvalue weighted by atomic mass is 10.1. The van der Waals surface area contributed by atoms with Crippen LogP contribution in [0.3, 0.4) is 0 Å². The molecule has 2 heterocycles. The van der Waals surface area contributed by atoms with Gasteiger partial charge in [-0.25, -0.2) is 0 Å². The number of fused-ring (bicyclic) bond motifs is 1. The zero-order valence-electron chi connectivity index (χ0n) is 10.9. The number of nitrogens with two attached hydrogens (primary N) is 1. The molecule has 0 radical (unpaired) electrons. The van der Waals surface area contributed by atoms with Gasteiger partial charge in [0.15, 0.2) is 0 Å². The number of rotatable bonds is 4. The maximum atomic E-state index is 5.92. The lowest BCUT2D eigenvalue weighted by molar-refractivity contribution is 0.356. The molecular formula is C15H14N4O. The van der Waals surface area contributed by atoms with Crippen molar-refractivity contribution in [3.8, 4) is 11.5 Å². The van der Waals surface area contributed by atoms with Gasteiger partial charge < -0.3 is 10.3 Å². The van der Waals surface area contributed by atoms with Gasteiger partial charge in [0, 0.05) is 11.6 Å². The molecule has 1 atom stereocenters. The van der Waals surface area contributed by atoms with Crippen molar-refractivity contribution in [1.82, 2.24) is 15.1 Å². The summed E-state index contributed by atoms with van der Waals surface area (Å²) in [6, 6.07) is 9.56. The number of benzene rings is 1. The quantitative estimate of drug-likeness (QED) is 0.735. The van der Waals surface area contributed by atoms with Gasteiger partial charge in [0.2, 0.25) is 11.7 Å². The standard InChI is InChI=1S/C15H14N4O/c1-2-5-12(16)15-18-14(19-20-15)13-11-7-4-3-6-10(11)8-9-17-13/h2-4,6-9,12H,1,5,16H2. The van der Waals surface area contributed by atoms with Gasteiger partial charge in [-0.1, -0.05) is 35.5 Å². The fourth-order valence-electron chi connectivity index (χ4n) is 2.06. The Kier molecular flexibility index (Phi) is 3.26. The zero-order valence-corrected chi connectivity index (χ0v) is 10.9. The SMILES string of the molecule is C=CCC(N)c1nc(-c2nccc3ccccc23)no1. The number of aromatic nitrogens is 3. The van der Waals surface area contributed by atoms with Crippen LogP contribution in [0.1, 0.15) is 18.4 Å². The van der Waals surface area contributed by atoms with E-state index in [4.69, 9.17) is 10.3 Å². The van der Waals surface area contributed by atoms with E-state index >= 15 is 0 Å². The molecule has 3 aromatic rings. The molecule has 100 valence electrons. The summed E-state index contributed by atoms with van der Waals surface area (Å²) in [5.74, 6) is 0.853. The van der Waals surface area contributed by atoms with Crippen LogP contribution in [0, 0.1) is 0 Å². The van der Waals surface area contributed by atoms with Crippen LogP contribution in [0.15, 0.2) is 53.7 Å². The first kappa shape index (κ1) is 12.5. The molecule has 0 aliphatic carbocycles. The summed E-state index contributed by atoms with van der Waals surface area (Å²) in [4.78, 5) is 8.69. The van der Waals surface area contributed by atoms with Gasteiger partial charge in [-0.2, -0.15) is 4.98 Å². The third kappa shape index (κ3) is 2.19. The molecule has 2 N–H and O–H groups in total. The van der Waals surface area contributed by atoms with E-state index in [9.17, 15) is 0 Å². The van der Waals surface area contributed by atoms with Crippen LogP contribution < -0.4 is 5.73 Å². The van der Waals surface area contributed by atoms with Crippen LogP contribution in [0.4, 0.5) is 0 Å². The number of hydrogen-bond donors (Lipinski definition) is 1. The highest BCUT2D eigenvalue weighted by molar-refractivity contribution is 5.92. The van der Waals surface area contributed by atoms with Crippen LogP contribution in [-0.2, 0) is 0 Å². The van der Waals surface area contributed by atoms with Gasteiger partial charge in [0.25, 0.3) is 0 Å². The number of nitrogens with zero attached hydrogens (tertiary/aromatic N) is 3. The van der Waals surface area contributed by atoms with Crippen molar-refractivity contribution in [1.29, 1.82) is 0 Å². The van der Waals surface area contributed by atoms with Crippen molar-refractivity contribution in [3.63, 3.8) is 0 Å². The van der Waals surface area contributed by atoms with Crippen molar-refractivity contribution in [2.75, 3.05) is 0 Å². The average molecular weight is 266 g/mol. The van der Waals surface area contributed by atoms with Crippen LogP contribution in [0.5, 0.6) is 0 Å². The molecular weight excluding hydrogens is 252 g/mol. The lowest BCUT2D eigenvalue weighted by Gasteiger charge is -2.01. The lowest BCUT2D eigenvalue weighted by Crippen LogP contribution is -2.09. The van der Waals surface area contributed by atoms with Crippen LogP contribution >= 0.6 is 0 Å². The number of hydrogen-bond acceptors (Lipinski definition) is 5. The minimum Gasteiger partial charge on any atom is -0.337 e. The summed E-state index contributed by atoms with van der Waals surface area (Å²) >= 11 is 0. The molecule has 1 aromatic carbocycles. The monoisotopic (exact) mass is 266 g/mol. The second-order valence-electron chi connectivity index (χ2n) is 4.47. The van der Waals surface area contributed by atoms with Gasteiger partial charge in [-0.05, 0) is 17.9 Å². The van der Waals surface area contributed by atoms with Crippen molar-refractivity contribution in [3.05, 3.63) is 55.1 Å².